The van der Waals surface area contributed by atoms with E-state index in [1.807, 2.05) is 31.2 Å². The maximum Gasteiger partial charge on any atom is 0.244 e. The van der Waals surface area contributed by atoms with Gasteiger partial charge < -0.3 is 15.0 Å². The minimum atomic E-state index is -3.83. The van der Waals surface area contributed by atoms with Crippen molar-refractivity contribution in [2.24, 2.45) is 0 Å². The van der Waals surface area contributed by atoms with Gasteiger partial charge in [0.2, 0.25) is 21.8 Å². The lowest BCUT2D eigenvalue weighted by Gasteiger charge is -2.32. The molecule has 2 amide bonds. The van der Waals surface area contributed by atoms with Crippen molar-refractivity contribution in [3.8, 4) is 5.75 Å². The van der Waals surface area contributed by atoms with E-state index in [4.69, 9.17) is 16.3 Å². The fourth-order valence-electron chi connectivity index (χ4n) is 3.40. The number of hydrogen-bond donors (Lipinski definition) is 1. The molecule has 0 saturated heterocycles. The maximum atomic E-state index is 13.5. The van der Waals surface area contributed by atoms with E-state index in [-0.39, 0.29) is 23.2 Å². The monoisotopic (exact) mass is 495 g/mol. The van der Waals surface area contributed by atoms with Crippen LogP contribution in [0.1, 0.15) is 24.5 Å². The Morgan fingerprint density at radius 3 is 2.27 bits per heavy atom. The van der Waals surface area contributed by atoms with Crippen molar-refractivity contribution in [2.75, 3.05) is 31.3 Å². The first-order valence-corrected chi connectivity index (χ1v) is 12.6. The molecule has 1 atom stereocenters. The van der Waals surface area contributed by atoms with E-state index in [1.165, 1.54) is 37.3 Å². The first-order chi connectivity index (χ1) is 15.5. The summed E-state index contributed by atoms with van der Waals surface area (Å²) in [6, 6.07) is 11.3. The summed E-state index contributed by atoms with van der Waals surface area (Å²) >= 11 is 6.18. The van der Waals surface area contributed by atoms with Gasteiger partial charge in [-0.1, -0.05) is 48.4 Å². The summed E-state index contributed by atoms with van der Waals surface area (Å²) < 4.78 is 31.3. The number of carbonyl (C=O) groups is 2. The molecule has 0 radical (unpaired) electrons. The van der Waals surface area contributed by atoms with Crippen molar-refractivity contribution in [1.29, 1.82) is 0 Å². The molecule has 0 aliphatic heterocycles. The van der Waals surface area contributed by atoms with Gasteiger partial charge in [0.05, 0.1) is 24.1 Å². The smallest absolute Gasteiger partial charge is 0.244 e. The number of carbonyl (C=O) groups excluding carboxylic acids is 2. The zero-order chi connectivity index (χ0) is 24.8. The average molecular weight is 496 g/mol. The second kappa shape index (κ2) is 11.4. The van der Waals surface area contributed by atoms with E-state index in [9.17, 15) is 18.0 Å². The van der Waals surface area contributed by atoms with Crippen LogP contribution in [-0.2, 0) is 26.2 Å². The molecule has 0 aliphatic rings. The first kappa shape index (κ1) is 26.5. The van der Waals surface area contributed by atoms with Crippen LogP contribution in [0.4, 0.5) is 5.69 Å². The third kappa shape index (κ3) is 6.85. The van der Waals surface area contributed by atoms with Crippen LogP contribution < -0.4 is 14.4 Å². The van der Waals surface area contributed by atoms with Crippen LogP contribution in [0.5, 0.6) is 5.75 Å². The van der Waals surface area contributed by atoms with Gasteiger partial charge in [0, 0.05) is 13.6 Å². The number of sulfonamides is 1. The highest BCUT2D eigenvalue weighted by Crippen LogP contribution is 2.30. The van der Waals surface area contributed by atoms with Crippen molar-refractivity contribution >= 4 is 39.1 Å². The van der Waals surface area contributed by atoms with Crippen LogP contribution in [0.3, 0.4) is 0 Å². The molecule has 2 aromatic carbocycles. The van der Waals surface area contributed by atoms with Crippen LogP contribution in [0.15, 0.2) is 42.5 Å². The van der Waals surface area contributed by atoms with Gasteiger partial charge in [0.25, 0.3) is 0 Å². The number of rotatable bonds is 10. The van der Waals surface area contributed by atoms with Gasteiger partial charge in [-0.2, -0.15) is 0 Å². The number of nitrogens with one attached hydrogen (secondary N) is 1. The number of amides is 2. The number of likely N-dealkylation sites (N-methyl/N-ethyl adjacent to an activating group) is 1. The highest BCUT2D eigenvalue weighted by molar-refractivity contribution is 7.92. The molecule has 0 spiro atoms. The van der Waals surface area contributed by atoms with Crippen LogP contribution in [0.25, 0.3) is 0 Å². The van der Waals surface area contributed by atoms with Crippen LogP contribution in [0.2, 0.25) is 5.02 Å². The van der Waals surface area contributed by atoms with E-state index in [0.717, 1.165) is 21.7 Å². The zero-order valence-corrected chi connectivity index (χ0v) is 21.0. The summed E-state index contributed by atoms with van der Waals surface area (Å²) in [6.07, 6.45) is 1.38. The molecule has 33 heavy (non-hydrogen) atoms. The molecule has 0 saturated carbocycles. The summed E-state index contributed by atoms with van der Waals surface area (Å²) in [4.78, 5) is 27.4. The molecule has 2 rings (SSSR count). The third-order valence-corrected chi connectivity index (χ3v) is 6.64. The molecule has 0 aromatic heterocycles. The minimum absolute atomic E-state index is 0.159. The second-order valence-electron chi connectivity index (χ2n) is 7.63. The van der Waals surface area contributed by atoms with Gasteiger partial charge in [-0.05, 0) is 37.1 Å². The standard InChI is InChI=1S/C23H30ClN3O5S/c1-6-20(23(29)25-3)26(14-17-9-7-16(2)8-10-17)22(28)15-27(33(5,30)31)18-11-12-21(32-4)19(24)13-18/h7-13,20H,6,14-15H2,1-5H3,(H,25,29)/t20-/m0/s1. The van der Waals surface area contributed by atoms with Crippen molar-refractivity contribution in [2.45, 2.75) is 32.9 Å². The fourth-order valence-corrected chi connectivity index (χ4v) is 4.49. The van der Waals surface area contributed by atoms with E-state index in [0.29, 0.717) is 12.2 Å². The van der Waals surface area contributed by atoms with Crippen molar-refractivity contribution in [3.05, 3.63) is 58.6 Å². The van der Waals surface area contributed by atoms with Crippen LogP contribution in [0, 0.1) is 6.92 Å². The number of halogens is 1. The molecular formula is C23H30ClN3O5S. The average Bonchev–Trinajstić information content (AvgIpc) is 2.77. The topological polar surface area (TPSA) is 96.0 Å². The Labute approximate surface area is 200 Å². The summed E-state index contributed by atoms with van der Waals surface area (Å²) in [7, 11) is -0.882. The maximum absolute atomic E-state index is 13.5. The Morgan fingerprint density at radius 2 is 1.79 bits per heavy atom. The minimum Gasteiger partial charge on any atom is -0.495 e. The van der Waals surface area contributed by atoms with Crippen LogP contribution in [-0.4, -0.2) is 58.1 Å². The van der Waals surface area contributed by atoms with Gasteiger partial charge in [0.1, 0.15) is 18.3 Å². The van der Waals surface area contributed by atoms with Crippen LogP contribution >= 0.6 is 11.6 Å². The highest BCUT2D eigenvalue weighted by Gasteiger charge is 2.31. The largest absolute Gasteiger partial charge is 0.495 e. The molecule has 0 unspecified atom stereocenters. The zero-order valence-electron chi connectivity index (χ0n) is 19.5. The Hall–Kier alpha value is -2.78. The van der Waals surface area contributed by atoms with Gasteiger partial charge in [-0.15, -0.1) is 0 Å². The van der Waals surface area contributed by atoms with Crippen molar-refractivity contribution in [3.63, 3.8) is 0 Å². The molecular weight excluding hydrogens is 466 g/mol. The Bertz CT molecular complexity index is 1090. The molecule has 8 nitrogen and oxygen atoms in total. The summed E-state index contributed by atoms with van der Waals surface area (Å²) in [6.45, 7) is 3.43. The number of aryl methyl sites for hydroxylation is 1. The Morgan fingerprint density at radius 1 is 1.15 bits per heavy atom. The van der Waals surface area contributed by atoms with Crippen molar-refractivity contribution in [1.82, 2.24) is 10.2 Å². The molecule has 2 aromatic rings. The SMILES string of the molecule is CC[C@@H](C(=O)NC)N(Cc1ccc(C)cc1)C(=O)CN(c1ccc(OC)c(Cl)c1)S(C)(=O)=O. The fraction of sp³-hybridized carbons (Fsp3) is 0.391. The lowest BCUT2D eigenvalue weighted by Crippen LogP contribution is -2.51. The Kier molecular flexibility index (Phi) is 9.13. The van der Waals surface area contributed by atoms with E-state index < -0.39 is 28.5 Å². The quantitative estimate of drug-likeness (QED) is 0.546. The molecule has 10 heteroatoms. The number of hydrogen-bond acceptors (Lipinski definition) is 5. The molecule has 0 bridgehead atoms. The van der Waals surface area contributed by atoms with E-state index in [2.05, 4.69) is 5.32 Å². The van der Waals surface area contributed by atoms with Gasteiger partial charge in [-0.3, -0.25) is 13.9 Å². The molecule has 0 aliphatic carbocycles. The van der Waals surface area contributed by atoms with E-state index in [1.54, 1.807) is 6.92 Å². The second-order valence-corrected chi connectivity index (χ2v) is 9.95. The normalized spacial score (nSPS) is 12.1. The lowest BCUT2D eigenvalue weighted by molar-refractivity contribution is -0.140. The van der Waals surface area contributed by atoms with Crippen molar-refractivity contribution < 1.29 is 22.7 Å². The Balaban J connectivity index is 2.44. The summed E-state index contributed by atoms with van der Waals surface area (Å²) in [5.41, 5.74) is 2.12. The third-order valence-electron chi connectivity index (χ3n) is 5.21. The van der Waals surface area contributed by atoms with Gasteiger partial charge in [-0.25, -0.2) is 8.42 Å². The molecule has 0 heterocycles. The number of ether oxygens (including phenoxy) is 1. The van der Waals surface area contributed by atoms with Gasteiger partial charge >= 0.3 is 0 Å². The first-order valence-electron chi connectivity index (χ1n) is 10.4. The number of methoxy groups -OCH3 is 1. The molecule has 180 valence electrons. The highest BCUT2D eigenvalue weighted by atomic mass is 35.5. The number of benzene rings is 2. The van der Waals surface area contributed by atoms with Gasteiger partial charge in [0.15, 0.2) is 0 Å². The lowest BCUT2D eigenvalue weighted by atomic mass is 10.1. The summed E-state index contributed by atoms with van der Waals surface area (Å²) in [5.74, 6) is -0.452. The number of anilines is 1. The van der Waals surface area contributed by atoms with E-state index >= 15 is 0 Å². The number of nitrogens with zero attached hydrogens (tertiary/aromatic N) is 2. The predicted molar refractivity (Wildman–Crippen MR) is 130 cm³/mol. The predicted octanol–water partition coefficient (Wildman–Crippen LogP) is 2.98. The molecule has 1 N–H and O–H groups in total. The molecule has 0 fully saturated rings. The summed E-state index contributed by atoms with van der Waals surface area (Å²) in [5, 5.41) is 2.80.